The molecule has 0 aliphatic carbocycles. The van der Waals surface area contributed by atoms with E-state index < -0.39 is 24.2 Å². The minimum Gasteiger partial charge on any atom is -0.480 e. The Morgan fingerprint density at radius 3 is 2.56 bits per heavy atom. The molecule has 1 heterocycles. The molecule has 0 aromatic heterocycles. The van der Waals surface area contributed by atoms with Crippen molar-refractivity contribution in [2.75, 3.05) is 4.90 Å². The Hall–Kier alpha value is -2.55. The molecule has 1 aromatic carbocycles. The van der Waals surface area contributed by atoms with E-state index in [9.17, 15) is 9.59 Å². The van der Waals surface area contributed by atoms with Crippen LogP contribution in [0.25, 0.3) is 0 Å². The van der Waals surface area contributed by atoms with Gasteiger partial charge in [0.2, 0.25) is 0 Å². The largest absolute Gasteiger partial charge is 0.480 e. The summed E-state index contributed by atoms with van der Waals surface area (Å²) >= 11 is 0. The molecule has 1 N–H and O–H groups in total. The molecular formula is C12H10N2O4. The highest BCUT2D eigenvalue weighted by atomic mass is 16.6. The van der Waals surface area contributed by atoms with Crippen LogP contribution in [0, 0.1) is 11.3 Å². The second-order valence-corrected chi connectivity index (χ2v) is 3.90. The van der Waals surface area contributed by atoms with Crippen LogP contribution in [0.2, 0.25) is 0 Å². The average molecular weight is 246 g/mol. The van der Waals surface area contributed by atoms with Crippen LogP contribution < -0.4 is 4.90 Å². The highest BCUT2D eigenvalue weighted by Crippen LogP contribution is 2.27. The summed E-state index contributed by atoms with van der Waals surface area (Å²) in [6.07, 6.45) is -1.41. The van der Waals surface area contributed by atoms with Gasteiger partial charge in [0.15, 0.2) is 6.04 Å². The van der Waals surface area contributed by atoms with Crippen molar-refractivity contribution in [1.82, 2.24) is 0 Å². The van der Waals surface area contributed by atoms with Gasteiger partial charge in [0.05, 0.1) is 11.6 Å². The standard InChI is InChI=1S/C12H10N2O4/c1-7-10(11(15)16)14(12(17)18-7)9-4-2-8(6-13)3-5-9/h2-5,7,10H,1H3,(H,15,16). The number of hydrogen-bond donors (Lipinski definition) is 1. The molecule has 1 aromatic rings. The minimum atomic E-state index is -1.13. The molecule has 0 bridgehead atoms. The van der Waals surface area contributed by atoms with Crippen molar-refractivity contribution in [3.63, 3.8) is 0 Å². The van der Waals surface area contributed by atoms with E-state index in [0.717, 1.165) is 4.90 Å². The van der Waals surface area contributed by atoms with E-state index in [1.807, 2.05) is 6.07 Å². The fourth-order valence-corrected chi connectivity index (χ4v) is 1.88. The summed E-state index contributed by atoms with van der Waals surface area (Å²) in [7, 11) is 0. The van der Waals surface area contributed by atoms with Gasteiger partial charge in [-0.15, -0.1) is 0 Å². The minimum absolute atomic E-state index is 0.399. The predicted octanol–water partition coefficient (Wildman–Crippen LogP) is 1.36. The summed E-state index contributed by atoms with van der Waals surface area (Å²) in [6.45, 7) is 1.53. The summed E-state index contributed by atoms with van der Waals surface area (Å²) in [5.41, 5.74) is 0.835. The second kappa shape index (κ2) is 4.37. The van der Waals surface area contributed by atoms with Gasteiger partial charge in [-0.3, -0.25) is 4.90 Å². The van der Waals surface area contributed by atoms with Gasteiger partial charge < -0.3 is 9.84 Å². The van der Waals surface area contributed by atoms with E-state index in [1.165, 1.54) is 31.2 Å². The maximum Gasteiger partial charge on any atom is 0.415 e. The number of aliphatic carboxylic acids is 1. The van der Waals surface area contributed by atoms with E-state index in [4.69, 9.17) is 15.1 Å². The highest BCUT2D eigenvalue weighted by molar-refractivity contribution is 5.98. The Balaban J connectivity index is 2.38. The van der Waals surface area contributed by atoms with Gasteiger partial charge in [0, 0.05) is 5.69 Å². The molecule has 92 valence electrons. The molecule has 2 atom stereocenters. The van der Waals surface area contributed by atoms with Gasteiger partial charge in [0.25, 0.3) is 0 Å². The Labute approximate surface area is 103 Å². The Morgan fingerprint density at radius 1 is 1.44 bits per heavy atom. The molecular weight excluding hydrogens is 236 g/mol. The fourth-order valence-electron chi connectivity index (χ4n) is 1.88. The zero-order valence-electron chi connectivity index (χ0n) is 9.53. The number of nitriles is 1. The van der Waals surface area contributed by atoms with Gasteiger partial charge >= 0.3 is 12.1 Å². The van der Waals surface area contributed by atoms with E-state index in [-0.39, 0.29) is 0 Å². The molecule has 1 fully saturated rings. The number of nitrogens with zero attached hydrogens (tertiary/aromatic N) is 2. The van der Waals surface area contributed by atoms with E-state index in [2.05, 4.69) is 0 Å². The van der Waals surface area contributed by atoms with Crippen molar-refractivity contribution >= 4 is 17.7 Å². The number of carboxylic acid groups (broad SMARTS) is 1. The van der Waals surface area contributed by atoms with E-state index >= 15 is 0 Å². The number of anilines is 1. The summed E-state index contributed by atoms with van der Waals surface area (Å²) in [4.78, 5) is 23.8. The van der Waals surface area contributed by atoms with Gasteiger partial charge in [-0.25, -0.2) is 9.59 Å². The smallest absolute Gasteiger partial charge is 0.415 e. The third kappa shape index (κ3) is 1.86. The predicted molar refractivity (Wildman–Crippen MR) is 61.0 cm³/mol. The molecule has 6 heteroatoms. The van der Waals surface area contributed by atoms with Crippen molar-refractivity contribution in [2.45, 2.75) is 19.1 Å². The lowest BCUT2D eigenvalue weighted by molar-refractivity contribution is -0.139. The third-order valence-electron chi connectivity index (χ3n) is 2.73. The van der Waals surface area contributed by atoms with Crippen LogP contribution in [-0.4, -0.2) is 29.3 Å². The van der Waals surface area contributed by atoms with Crippen molar-refractivity contribution < 1.29 is 19.4 Å². The highest BCUT2D eigenvalue weighted by Gasteiger charge is 2.44. The van der Waals surface area contributed by atoms with Crippen LogP contribution in [-0.2, 0) is 9.53 Å². The molecule has 1 saturated heterocycles. The molecule has 1 amide bonds. The lowest BCUT2D eigenvalue weighted by Crippen LogP contribution is -2.42. The van der Waals surface area contributed by atoms with Gasteiger partial charge in [-0.05, 0) is 31.2 Å². The molecule has 2 unspecified atom stereocenters. The lowest BCUT2D eigenvalue weighted by atomic mass is 10.1. The normalized spacial score (nSPS) is 22.4. The zero-order valence-corrected chi connectivity index (χ0v) is 9.53. The van der Waals surface area contributed by atoms with Crippen LogP contribution in [0.5, 0.6) is 0 Å². The van der Waals surface area contributed by atoms with Crippen molar-refractivity contribution in [1.29, 1.82) is 5.26 Å². The Bertz CT molecular complexity index is 532. The quantitative estimate of drug-likeness (QED) is 0.850. The first-order valence-corrected chi connectivity index (χ1v) is 5.27. The Kier molecular flexibility index (Phi) is 2.90. The van der Waals surface area contributed by atoms with Crippen LogP contribution in [0.4, 0.5) is 10.5 Å². The first-order chi connectivity index (χ1) is 8.54. The number of carboxylic acids is 1. The molecule has 6 nitrogen and oxygen atoms in total. The van der Waals surface area contributed by atoms with Crippen LogP contribution >= 0.6 is 0 Å². The number of hydrogen-bond acceptors (Lipinski definition) is 4. The topological polar surface area (TPSA) is 90.6 Å². The number of carbonyl (C=O) groups excluding carboxylic acids is 1. The molecule has 0 radical (unpaired) electrons. The summed E-state index contributed by atoms with van der Waals surface area (Å²) in [5.74, 6) is -1.13. The molecule has 0 spiro atoms. The third-order valence-corrected chi connectivity index (χ3v) is 2.73. The molecule has 2 rings (SSSR count). The number of ether oxygens (including phenoxy) is 1. The van der Waals surface area contributed by atoms with Crippen molar-refractivity contribution in [3.05, 3.63) is 29.8 Å². The second-order valence-electron chi connectivity index (χ2n) is 3.90. The summed E-state index contributed by atoms with van der Waals surface area (Å²) in [5, 5.41) is 17.8. The summed E-state index contributed by atoms with van der Waals surface area (Å²) in [6, 6.07) is 6.98. The molecule has 18 heavy (non-hydrogen) atoms. The van der Waals surface area contributed by atoms with Crippen LogP contribution in [0.3, 0.4) is 0 Å². The van der Waals surface area contributed by atoms with Crippen molar-refractivity contribution in [2.24, 2.45) is 0 Å². The SMILES string of the molecule is CC1OC(=O)N(c2ccc(C#N)cc2)C1C(=O)O. The van der Waals surface area contributed by atoms with E-state index in [1.54, 1.807) is 0 Å². The number of carbonyl (C=O) groups is 2. The Morgan fingerprint density at radius 2 is 2.06 bits per heavy atom. The van der Waals surface area contributed by atoms with Gasteiger partial charge in [-0.1, -0.05) is 0 Å². The molecule has 1 aliphatic rings. The van der Waals surface area contributed by atoms with E-state index in [0.29, 0.717) is 11.3 Å². The number of rotatable bonds is 2. The lowest BCUT2D eigenvalue weighted by Gasteiger charge is -2.19. The monoisotopic (exact) mass is 246 g/mol. The first-order valence-electron chi connectivity index (χ1n) is 5.27. The van der Waals surface area contributed by atoms with Gasteiger partial charge in [-0.2, -0.15) is 5.26 Å². The number of benzene rings is 1. The molecule has 1 aliphatic heterocycles. The number of amides is 1. The van der Waals surface area contributed by atoms with Gasteiger partial charge in [0.1, 0.15) is 6.10 Å². The molecule has 0 saturated carbocycles. The fraction of sp³-hybridized carbons (Fsp3) is 0.250. The van der Waals surface area contributed by atoms with Crippen LogP contribution in [0.15, 0.2) is 24.3 Å². The van der Waals surface area contributed by atoms with Crippen LogP contribution in [0.1, 0.15) is 12.5 Å². The maximum atomic E-state index is 11.6. The summed E-state index contributed by atoms with van der Waals surface area (Å²) < 4.78 is 4.90. The number of cyclic esters (lactones) is 1. The first kappa shape index (κ1) is 11.9. The maximum absolute atomic E-state index is 11.6. The average Bonchev–Trinajstić information content (AvgIpc) is 2.64. The van der Waals surface area contributed by atoms with Crippen molar-refractivity contribution in [3.8, 4) is 6.07 Å². The zero-order chi connectivity index (χ0) is 13.3.